The van der Waals surface area contributed by atoms with Crippen LogP contribution in [0.4, 0.5) is 5.69 Å². The lowest BCUT2D eigenvalue weighted by atomic mass is 10.1. The number of nitrogens with one attached hydrogen (secondary N) is 1. The third-order valence-electron chi connectivity index (χ3n) is 3.93. The van der Waals surface area contributed by atoms with Crippen molar-refractivity contribution < 1.29 is 4.21 Å². The van der Waals surface area contributed by atoms with Crippen LogP contribution < -0.4 is 5.32 Å². The molecule has 0 aliphatic heterocycles. The number of aromatic nitrogens is 1. The first-order valence-corrected chi connectivity index (χ1v) is 9.16. The molecule has 0 fully saturated rings. The van der Waals surface area contributed by atoms with Gasteiger partial charge >= 0.3 is 0 Å². The molecule has 118 valence electrons. The zero-order valence-electron chi connectivity index (χ0n) is 13.5. The Labute approximate surface area is 139 Å². The summed E-state index contributed by atoms with van der Waals surface area (Å²) in [5.41, 5.74) is 4.38. The predicted molar refractivity (Wildman–Crippen MR) is 97.3 cm³/mol. The second-order valence-corrected chi connectivity index (χ2v) is 7.16. The first-order valence-electron chi connectivity index (χ1n) is 7.60. The van der Waals surface area contributed by atoms with E-state index < -0.39 is 10.8 Å². The van der Waals surface area contributed by atoms with Crippen LogP contribution in [0.15, 0.2) is 59.6 Å². The van der Waals surface area contributed by atoms with Gasteiger partial charge in [-0.15, -0.1) is 0 Å². The molecular weight excluding hydrogens is 304 g/mol. The van der Waals surface area contributed by atoms with Crippen molar-refractivity contribution in [2.75, 3.05) is 11.6 Å². The quantitative estimate of drug-likeness (QED) is 0.771. The summed E-state index contributed by atoms with van der Waals surface area (Å²) in [6.07, 6.45) is 3.51. The lowest BCUT2D eigenvalue weighted by Gasteiger charge is -2.18. The molecule has 23 heavy (non-hydrogen) atoms. The molecule has 3 aromatic rings. The molecule has 3 rings (SSSR count). The van der Waals surface area contributed by atoms with Crippen LogP contribution in [0.1, 0.15) is 24.1 Å². The molecule has 0 bridgehead atoms. The van der Waals surface area contributed by atoms with Gasteiger partial charge in [-0.05, 0) is 55.3 Å². The molecule has 2 atom stereocenters. The Morgan fingerprint density at radius 2 is 1.87 bits per heavy atom. The van der Waals surface area contributed by atoms with Gasteiger partial charge in [0.15, 0.2) is 0 Å². The van der Waals surface area contributed by atoms with Gasteiger partial charge in [-0.1, -0.05) is 18.2 Å². The highest BCUT2D eigenvalue weighted by atomic mass is 32.2. The number of hydrogen-bond donors (Lipinski definition) is 1. The summed E-state index contributed by atoms with van der Waals surface area (Å²) >= 11 is 0. The molecular formula is C19H20N2OS. The highest BCUT2D eigenvalue weighted by Crippen LogP contribution is 2.27. The molecule has 0 aliphatic carbocycles. The minimum atomic E-state index is -0.940. The zero-order chi connectivity index (χ0) is 16.4. The highest BCUT2D eigenvalue weighted by molar-refractivity contribution is 7.84. The molecule has 0 saturated carbocycles. The van der Waals surface area contributed by atoms with Crippen LogP contribution in [0.3, 0.4) is 0 Å². The average Bonchev–Trinajstić information content (AvgIpc) is 2.54. The summed E-state index contributed by atoms with van der Waals surface area (Å²) in [4.78, 5) is 5.35. The van der Waals surface area contributed by atoms with E-state index in [4.69, 9.17) is 0 Å². The summed E-state index contributed by atoms with van der Waals surface area (Å²) in [6.45, 7) is 4.21. The van der Waals surface area contributed by atoms with E-state index in [1.165, 1.54) is 5.56 Å². The van der Waals surface area contributed by atoms with Crippen LogP contribution in [0.2, 0.25) is 0 Å². The van der Waals surface area contributed by atoms with Gasteiger partial charge in [0.25, 0.3) is 0 Å². The Bertz CT molecular complexity index is 859. The minimum Gasteiger partial charge on any atom is -0.377 e. The Kier molecular flexibility index (Phi) is 4.44. The number of nitrogens with zero attached hydrogens (tertiary/aromatic N) is 1. The molecule has 1 heterocycles. The first-order chi connectivity index (χ1) is 11.0. The van der Waals surface area contributed by atoms with Crippen molar-refractivity contribution in [2.45, 2.75) is 24.8 Å². The smallest absolute Gasteiger partial charge is 0.0933 e. The van der Waals surface area contributed by atoms with Crippen LogP contribution in [-0.4, -0.2) is 15.4 Å². The van der Waals surface area contributed by atoms with Gasteiger partial charge < -0.3 is 5.32 Å². The molecule has 0 spiro atoms. The van der Waals surface area contributed by atoms with E-state index in [0.717, 1.165) is 27.0 Å². The number of aryl methyl sites for hydroxylation is 1. The minimum absolute atomic E-state index is 0.140. The molecule has 0 unspecified atom stereocenters. The van der Waals surface area contributed by atoms with Gasteiger partial charge in [-0.3, -0.25) is 9.19 Å². The number of pyridine rings is 1. The normalized spacial score (nSPS) is 13.7. The third-order valence-corrected chi connectivity index (χ3v) is 4.87. The van der Waals surface area contributed by atoms with Crippen LogP contribution in [0.25, 0.3) is 10.9 Å². The maximum atomic E-state index is 11.5. The van der Waals surface area contributed by atoms with Crippen LogP contribution >= 0.6 is 0 Å². The predicted octanol–water partition coefficient (Wildman–Crippen LogP) is 4.45. The van der Waals surface area contributed by atoms with Gasteiger partial charge in [0.05, 0.1) is 11.2 Å². The van der Waals surface area contributed by atoms with Crippen molar-refractivity contribution in [1.82, 2.24) is 4.98 Å². The van der Waals surface area contributed by atoms with Gasteiger partial charge in [-0.25, -0.2) is 0 Å². The van der Waals surface area contributed by atoms with Crippen molar-refractivity contribution in [3.63, 3.8) is 0 Å². The number of fused-ring (bicyclic) bond motifs is 1. The summed E-state index contributed by atoms with van der Waals surface area (Å²) < 4.78 is 11.5. The van der Waals surface area contributed by atoms with Crippen LogP contribution in [0.5, 0.6) is 0 Å². The average molecular weight is 324 g/mol. The highest BCUT2D eigenvalue weighted by Gasteiger charge is 2.10. The maximum Gasteiger partial charge on any atom is 0.0933 e. The Hall–Kier alpha value is -2.20. The zero-order valence-corrected chi connectivity index (χ0v) is 14.4. The fraction of sp³-hybridized carbons (Fsp3) is 0.211. The van der Waals surface area contributed by atoms with Crippen LogP contribution in [-0.2, 0) is 10.8 Å². The molecule has 1 N–H and O–H groups in total. The van der Waals surface area contributed by atoms with E-state index in [1.807, 2.05) is 36.5 Å². The third kappa shape index (κ3) is 3.42. The summed E-state index contributed by atoms with van der Waals surface area (Å²) in [6, 6.07) is 16.4. The van der Waals surface area contributed by atoms with Crippen molar-refractivity contribution in [1.29, 1.82) is 0 Å². The van der Waals surface area contributed by atoms with E-state index in [1.54, 1.807) is 6.26 Å². The Morgan fingerprint density at radius 1 is 1.13 bits per heavy atom. The monoisotopic (exact) mass is 324 g/mol. The topological polar surface area (TPSA) is 42.0 Å². The number of hydrogen-bond acceptors (Lipinski definition) is 3. The first kappa shape index (κ1) is 15.7. The fourth-order valence-corrected chi connectivity index (χ4v) is 3.24. The van der Waals surface area contributed by atoms with Crippen molar-refractivity contribution >= 4 is 27.4 Å². The molecule has 0 amide bonds. The number of rotatable bonds is 4. The second-order valence-electron chi connectivity index (χ2n) is 5.78. The SMILES string of the molecule is Cc1cc(N[C@@H](C)c2ccc([S@@](C)=O)cc2)c2ncccc2c1. The molecule has 0 saturated heterocycles. The van der Waals surface area contributed by atoms with E-state index in [0.29, 0.717) is 0 Å². The molecule has 0 aliphatic rings. The lowest BCUT2D eigenvalue weighted by molar-refractivity contribution is 0.686. The van der Waals surface area contributed by atoms with Gasteiger partial charge in [0, 0.05) is 39.6 Å². The summed E-state index contributed by atoms with van der Waals surface area (Å²) in [5.74, 6) is 0. The second kappa shape index (κ2) is 6.50. The van der Waals surface area contributed by atoms with E-state index in [2.05, 4.69) is 42.3 Å². The lowest BCUT2D eigenvalue weighted by Crippen LogP contribution is -2.07. The van der Waals surface area contributed by atoms with E-state index >= 15 is 0 Å². The molecule has 1 aromatic heterocycles. The number of anilines is 1. The standard InChI is InChI=1S/C19H20N2OS/c1-13-11-16-5-4-10-20-19(16)18(12-13)21-14(2)15-6-8-17(9-7-15)23(3)22/h4-12,14,21H,1-3H3/t14-,23+/m0/s1. The van der Waals surface area contributed by atoms with E-state index in [9.17, 15) is 4.21 Å². The molecule has 0 radical (unpaired) electrons. The number of benzene rings is 2. The van der Waals surface area contributed by atoms with Gasteiger partial charge in [0.1, 0.15) is 0 Å². The maximum absolute atomic E-state index is 11.5. The molecule has 2 aromatic carbocycles. The molecule has 3 nitrogen and oxygen atoms in total. The van der Waals surface area contributed by atoms with Crippen molar-refractivity contribution in [3.8, 4) is 0 Å². The fourth-order valence-electron chi connectivity index (χ4n) is 2.72. The van der Waals surface area contributed by atoms with E-state index in [-0.39, 0.29) is 6.04 Å². The molecule has 4 heteroatoms. The Balaban J connectivity index is 1.90. The van der Waals surface area contributed by atoms with Crippen molar-refractivity contribution in [3.05, 3.63) is 65.9 Å². The van der Waals surface area contributed by atoms with Crippen molar-refractivity contribution in [2.24, 2.45) is 0 Å². The van der Waals surface area contributed by atoms with Gasteiger partial charge in [-0.2, -0.15) is 0 Å². The Morgan fingerprint density at radius 3 is 2.57 bits per heavy atom. The van der Waals surface area contributed by atoms with Gasteiger partial charge in [0.2, 0.25) is 0 Å². The largest absolute Gasteiger partial charge is 0.377 e. The summed E-state index contributed by atoms with van der Waals surface area (Å²) in [5, 5.41) is 4.69. The summed E-state index contributed by atoms with van der Waals surface area (Å²) in [7, 11) is -0.940. The van der Waals surface area contributed by atoms with Crippen LogP contribution in [0, 0.1) is 6.92 Å².